The van der Waals surface area contributed by atoms with Gasteiger partial charge < -0.3 is 10.2 Å². The summed E-state index contributed by atoms with van der Waals surface area (Å²) in [6.45, 7) is -1.40. The lowest BCUT2D eigenvalue weighted by molar-refractivity contribution is -0.235. The minimum absolute atomic E-state index is 1.40. The second kappa shape index (κ2) is 3.99. The van der Waals surface area contributed by atoms with E-state index in [4.69, 9.17) is 10.2 Å². The van der Waals surface area contributed by atoms with Crippen LogP contribution in [0.3, 0.4) is 0 Å². The molecule has 0 heterocycles. The highest BCUT2D eigenvalue weighted by Crippen LogP contribution is 2.28. The van der Waals surface area contributed by atoms with Gasteiger partial charge in [-0.1, -0.05) is 0 Å². The Kier molecular flexibility index (Phi) is 3.85. The van der Waals surface area contributed by atoms with Crippen LogP contribution in [0.5, 0.6) is 0 Å². The summed E-state index contributed by atoms with van der Waals surface area (Å²) in [7, 11) is 0. The molecule has 0 spiro atoms. The molecule has 0 fully saturated rings. The molecule has 0 aromatic heterocycles. The van der Waals surface area contributed by atoms with Crippen LogP contribution in [0.4, 0.5) is 22.0 Å². The topological polar surface area (TPSA) is 40.5 Å². The van der Waals surface area contributed by atoms with Crippen molar-refractivity contribution in [3.05, 3.63) is 0 Å². The molecule has 0 saturated heterocycles. The smallest absolute Gasteiger partial charge is 0.396 e. The Morgan fingerprint density at radius 1 is 1.17 bits per heavy atom. The maximum Gasteiger partial charge on any atom is 0.414 e. The fourth-order valence-corrected chi connectivity index (χ4v) is 0.560. The van der Waals surface area contributed by atoms with Crippen molar-refractivity contribution in [2.75, 3.05) is 6.61 Å². The zero-order valence-corrected chi connectivity index (χ0v) is 5.72. The SMILES string of the molecule is OCC(C(F)F)C(O)C(F)(F)F. The largest absolute Gasteiger partial charge is 0.414 e. The van der Waals surface area contributed by atoms with Crippen molar-refractivity contribution < 1.29 is 32.2 Å². The van der Waals surface area contributed by atoms with E-state index in [-0.39, 0.29) is 0 Å². The van der Waals surface area contributed by atoms with E-state index >= 15 is 0 Å². The Morgan fingerprint density at radius 3 is 1.67 bits per heavy atom. The Labute approximate surface area is 64.6 Å². The second-order valence-corrected chi connectivity index (χ2v) is 2.17. The summed E-state index contributed by atoms with van der Waals surface area (Å²) >= 11 is 0. The molecule has 0 aliphatic carbocycles. The number of aliphatic hydroxyl groups excluding tert-OH is 2. The van der Waals surface area contributed by atoms with Gasteiger partial charge >= 0.3 is 6.18 Å². The van der Waals surface area contributed by atoms with Gasteiger partial charge in [0, 0.05) is 0 Å². The number of halogens is 5. The quantitative estimate of drug-likeness (QED) is 0.652. The molecule has 12 heavy (non-hydrogen) atoms. The van der Waals surface area contributed by atoms with E-state index in [2.05, 4.69) is 0 Å². The first-order valence-electron chi connectivity index (χ1n) is 2.94. The molecule has 0 radical (unpaired) electrons. The van der Waals surface area contributed by atoms with E-state index in [0.717, 1.165) is 0 Å². The molecule has 0 aromatic rings. The summed E-state index contributed by atoms with van der Waals surface area (Å²) in [4.78, 5) is 0. The van der Waals surface area contributed by atoms with Crippen molar-refractivity contribution in [3.63, 3.8) is 0 Å². The number of rotatable bonds is 3. The molecule has 2 unspecified atom stereocenters. The van der Waals surface area contributed by atoms with Crippen LogP contribution >= 0.6 is 0 Å². The lowest BCUT2D eigenvalue weighted by atomic mass is 10.0. The van der Waals surface area contributed by atoms with Gasteiger partial charge in [-0.2, -0.15) is 13.2 Å². The van der Waals surface area contributed by atoms with Crippen molar-refractivity contribution in [1.29, 1.82) is 0 Å². The Balaban J connectivity index is 4.32. The summed E-state index contributed by atoms with van der Waals surface area (Å²) in [6, 6.07) is 0. The number of hydrogen-bond donors (Lipinski definition) is 2. The third kappa shape index (κ3) is 2.90. The summed E-state index contributed by atoms with van der Waals surface area (Å²) in [5.74, 6) is -2.47. The molecule has 0 amide bonds. The van der Waals surface area contributed by atoms with Crippen molar-refractivity contribution in [2.45, 2.75) is 18.7 Å². The standard InChI is InChI=1S/C5H7F5O2/c6-4(7)2(1-11)3(12)5(8,9)10/h2-4,11-12H,1H2. The zero-order chi connectivity index (χ0) is 9.94. The van der Waals surface area contributed by atoms with Gasteiger partial charge in [0.05, 0.1) is 12.5 Å². The minimum atomic E-state index is -5.12. The summed E-state index contributed by atoms with van der Waals surface area (Å²) in [6.07, 6.45) is -11.7. The van der Waals surface area contributed by atoms with Crippen LogP contribution in [0.25, 0.3) is 0 Å². The van der Waals surface area contributed by atoms with Crippen LogP contribution in [-0.2, 0) is 0 Å². The van der Waals surface area contributed by atoms with E-state index in [0.29, 0.717) is 0 Å². The number of hydrogen-bond acceptors (Lipinski definition) is 2. The molecule has 2 atom stereocenters. The van der Waals surface area contributed by atoms with E-state index in [1.807, 2.05) is 0 Å². The first kappa shape index (κ1) is 11.6. The Hall–Kier alpha value is -0.430. The third-order valence-electron chi connectivity index (χ3n) is 1.28. The second-order valence-electron chi connectivity index (χ2n) is 2.17. The molecule has 7 heteroatoms. The first-order chi connectivity index (χ1) is 5.30. The highest BCUT2D eigenvalue weighted by atomic mass is 19.4. The fraction of sp³-hybridized carbons (Fsp3) is 1.00. The molecule has 2 nitrogen and oxygen atoms in total. The van der Waals surface area contributed by atoms with Crippen LogP contribution in [-0.4, -0.2) is 35.5 Å². The molecular weight excluding hydrogens is 187 g/mol. The van der Waals surface area contributed by atoms with Gasteiger partial charge in [0.15, 0.2) is 6.10 Å². The number of aliphatic hydroxyl groups is 2. The van der Waals surface area contributed by atoms with E-state index in [1.54, 1.807) is 0 Å². The van der Waals surface area contributed by atoms with Crippen molar-refractivity contribution in [1.82, 2.24) is 0 Å². The fourth-order valence-electron chi connectivity index (χ4n) is 0.560. The Morgan fingerprint density at radius 2 is 1.58 bits per heavy atom. The maximum absolute atomic E-state index is 11.7. The summed E-state index contributed by atoms with van der Waals surface area (Å²) in [5, 5.41) is 16.3. The maximum atomic E-state index is 11.7. The highest BCUT2D eigenvalue weighted by molar-refractivity contribution is 4.76. The first-order valence-corrected chi connectivity index (χ1v) is 2.94. The lowest BCUT2D eigenvalue weighted by Gasteiger charge is -2.21. The van der Waals surface area contributed by atoms with Crippen molar-refractivity contribution in [2.24, 2.45) is 5.92 Å². The van der Waals surface area contributed by atoms with Crippen LogP contribution in [0, 0.1) is 5.92 Å². The highest BCUT2D eigenvalue weighted by Gasteiger charge is 2.46. The predicted octanol–water partition coefficient (Wildman–Crippen LogP) is 0.783. The van der Waals surface area contributed by atoms with Gasteiger partial charge in [-0.3, -0.25) is 0 Å². The molecule has 0 aromatic carbocycles. The van der Waals surface area contributed by atoms with Crippen LogP contribution in [0.2, 0.25) is 0 Å². The lowest BCUT2D eigenvalue weighted by Crippen LogP contribution is -2.41. The van der Waals surface area contributed by atoms with Gasteiger partial charge in [-0.05, 0) is 0 Å². The molecule has 0 rings (SSSR count). The van der Waals surface area contributed by atoms with Gasteiger partial charge in [-0.25, -0.2) is 8.78 Å². The van der Waals surface area contributed by atoms with Crippen LogP contribution in [0.1, 0.15) is 0 Å². The summed E-state index contributed by atoms with van der Waals surface area (Å²) < 4.78 is 58.0. The number of alkyl halides is 5. The molecule has 0 bridgehead atoms. The van der Waals surface area contributed by atoms with Crippen molar-refractivity contribution >= 4 is 0 Å². The van der Waals surface area contributed by atoms with Crippen LogP contribution < -0.4 is 0 Å². The zero-order valence-electron chi connectivity index (χ0n) is 5.72. The van der Waals surface area contributed by atoms with Crippen LogP contribution in [0.15, 0.2) is 0 Å². The normalized spacial score (nSPS) is 18.0. The van der Waals surface area contributed by atoms with E-state index < -0.39 is 31.2 Å². The molecule has 0 saturated carbocycles. The van der Waals surface area contributed by atoms with Gasteiger partial charge in [-0.15, -0.1) is 0 Å². The van der Waals surface area contributed by atoms with E-state index in [9.17, 15) is 22.0 Å². The molecule has 0 aliphatic rings. The van der Waals surface area contributed by atoms with E-state index in [1.165, 1.54) is 0 Å². The molecule has 74 valence electrons. The van der Waals surface area contributed by atoms with Gasteiger partial charge in [0.1, 0.15) is 0 Å². The van der Waals surface area contributed by atoms with Gasteiger partial charge in [0.25, 0.3) is 0 Å². The average molecular weight is 194 g/mol. The molecule has 0 aliphatic heterocycles. The average Bonchev–Trinajstić information content (AvgIpc) is 1.86. The van der Waals surface area contributed by atoms with Gasteiger partial charge in [0.2, 0.25) is 6.43 Å². The summed E-state index contributed by atoms with van der Waals surface area (Å²) in [5.41, 5.74) is 0. The molecule has 2 N–H and O–H groups in total. The Bertz CT molecular complexity index is 134. The monoisotopic (exact) mass is 194 g/mol. The third-order valence-corrected chi connectivity index (χ3v) is 1.28. The van der Waals surface area contributed by atoms with Crippen molar-refractivity contribution in [3.8, 4) is 0 Å². The molecular formula is C5H7F5O2. The predicted molar refractivity (Wildman–Crippen MR) is 28.6 cm³/mol. The minimum Gasteiger partial charge on any atom is -0.396 e.